The number of hydrogen-bond acceptors (Lipinski definition) is 12. The smallest absolute Gasteiger partial charge is 0.338 e. The van der Waals surface area contributed by atoms with Crippen LogP contribution in [0.4, 0.5) is 0 Å². The molecule has 5 rings (SSSR count). The molecule has 48 heavy (non-hydrogen) atoms. The third kappa shape index (κ3) is 8.34. The zero-order valence-electron chi connectivity index (χ0n) is 25.7. The molecule has 0 saturated carbocycles. The summed E-state index contributed by atoms with van der Waals surface area (Å²) in [5.74, 6) is -1.94. The van der Waals surface area contributed by atoms with Crippen molar-refractivity contribution in [2.75, 3.05) is 6.61 Å². The average Bonchev–Trinajstić information content (AvgIpc) is 3.07. The van der Waals surface area contributed by atoms with E-state index in [1.54, 1.807) is 62.4 Å². The lowest BCUT2D eigenvalue weighted by Gasteiger charge is -2.42. The largest absolute Gasteiger partial charge is 0.452 e. The van der Waals surface area contributed by atoms with E-state index in [2.05, 4.69) is 0 Å². The van der Waals surface area contributed by atoms with Crippen LogP contribution in [0.5, 0.6) is 0 Å². The molecule has 4 aromatic rings. The Labute approximate surface area is 278 Å². The number of benzene rings is 4. The molecule has 0 radical (unpaired) electrons. The Morgan fingerprint density at radius 1 is 0.625 bits per heavy atom. The minimum atomic E-state index is -4.67. The van der Waals surface area contributed by atoms with Crippen LogP contribution < -0.4 is 0 Å². The van der Waals surface area contributed by atoms with Crippen LogP contribution in [0.1, 0.15) is 31.8 Å². The molecule has 1 aliphatic rings. The van der Waals surface area contributed by atoms with E-state index in [-0.39, 0.29) is 20.9 Å². The van der Waals surface area contributed by atoms with Gasteiger partial charge in [-0.1, -0.05) is 71.8 Å². The highest BCUT2D eigenvalue weighted by molar-refractivity contribution is 7.87. The second kappa shape index (κ2) is 14.8. The van der Waals surface area contributed by atoms with Gasteiger partial charge in [-0.15, -0.1) is 0 Å². The second-order valence-corrected chi connectivity index (χ2v) is 14.1. The number of aliphatic hydroxyl groups is 1. The van der Waals surface area contributed by atoms with Crippen molar-refractivity contribution in [2.45, 2.75) is 54.3 Å². The van der Waals surface area contributed by atoms with Gasteiger partial charge in [-0.3, -0.25) is 8.37 Å². The molecule has 0 amide bonds. The van der Waals surface area contributed by atoms with Gasteiger partial charge in [0, 0.05) is 0 Å². The van der Waals surface area contributed by atoms with Crippen molar-refractivity contribution >= 4 is 32.2 Å². The van der Waals surface area contributed by atoms with Gasteiger partial charge in [0.25, 0.3) is 20.2 Å². The van der Waals surface area contributed by atoms with Crippen molar-refractivity contribution in [3.8, 4) is 0 Å². The first kappa shape index (κ1) is 34.9. The Morgan fingerprint density at radius 3 is 1.54 bits per heavy atom. The fourth-order valence-corrected chi connectivity index (χ4v) is 6.80. The molecule has 12 nitrogen and oxygen atoms in total. The van der Waals surface area contributed by atoms with Gasteiger partial charge >= 0.3 is 11.9 Å². The van der Waals surface area contributed by atoms with Crippen LogP contribution in [-0.2, 0) is 42.8 Å². The van der Waals surface area contributed by atoms with E-state index in [0.717, 1.165) is 11.1 Å². The predicted octanol–water partition coefficient (Wildman–Crippen LogP) is 3.95. The van der Waals surface area contributed by atoms with E-state index in [0.29, 0.717) is 0 Å². The second-order valence-electron chi connectivity index (χ2n) is 10.9. The van der Waals surface area contributed by atoms with Crippen molar-refractivity contribution < 1.29 is 54.1 Å². The normalized spacial score (nSPS) is 21.3. The number of carbonyl (C=O) groups is 2. The number of aliphatic hydroxyl groups excluding tert-OH is 1. The molecule has 1 N–H and O–H groups in total. The third-order valence-electron chi connectivity index (χ3n) is 7.36. The minimum Gasteiger partial charge on any atom is -0.452 e. The summed E-state index contributed by atoms with van der Waals surface area (Å²) in [7, 11) is -9.10. The first-order chi connectivity index (χ1) is 22.8. The van der Waals surface area contributed by atoms with E-state index in [1.165, 1.54) is 60.7 Å². The van der Waals surface area contributed by atoms with Gasteiger partial charge in [0.1, 0.15) is 12.2 Å². The van der Waals surface area contributed by atoms with Crippen molar-refractivity contribution in [3.05, 3.63) is 131 Å². The zero-order valence-corrected chi connectivity index (χ0v) is 27.4. The Bertz CT molecular complexity index is 1930. The first-order valence-electron chi connectivity index (χ1n) is 14.7. The molecule has 1 saturated heterocycles. The van der Waals surface area contributed by atoms with E-state index in [9.17, 15) is 31.5 Å². The molecule has 0 bridgehead atoms. The molecule has 252 valence electrons. The summed E-state index contributed by atoms with van der Waals surface area (Å²) in [5.41, 5.74) is 1.66. The number of rotatable bonds is 11. The maximum atomic E-state index is 13.6. The summed E-state index contributed by atoms with van der Waals surface area (Å²) >= 11 is 0. The lowest BCUT2D eigenvalue weighted by Crippen LogP contribution is -2.62. The highest BCUT2D eigenvalue weighted by Gasteiger charge is 2.53. The van der Waals surface area contributed by atoms with Gasteiger partial charge in [0.15, 0.2) is 18.5 Å². The number of aryl methyl sites for hydroxylation is 2. The maximum Gasteiger partial charge on any atom is 0.338 e. The predicted molar refractivity (Wildman–Crippen MR) is 170 cm³/mol. The Balaban J connectivity index is 1.54. The summed E-state index contributed by atoms with van der Waals surface area (Å²) in [4.78, 5) is 26.0. The maximum absolute atomic E-state index is 13.6. The third-order valence-corrected chi connectivity index (χ3v) is 9.98. The van der Waals surface area contributed by atoms with Crippen molar-refractivity contribution in [3.63, 3.8) is 0 Å². The monoisotopic (exact) mass is 696 g/mol. The zero-order chi connectivity index (χ0) is 34.5. The van der Waals surface area contributed by atoms with Crippen LogP contribution in [0.3, 0.4) is 0 Å². The summed E-state index contributed by atoms with van der Waals surface area (Å²) in [5, 5.41) is 11.1. The Hall–Kier alpha value is -4.44. The molecular weight excluding hydrogens is 664 g/mol. The summed E-state index contributed by atoms with van der Waals surface area (Å²) in [6, 6.07) is 26.7. The Morgan fingerprint density at radius 2 is 1.06 bits per heavy atom. The molecule has 0 unspecified atom stereocenters. The molecule has 0 spiro atoms. The van der Waals surface area contributed by atoms with Crippen molar-refractivity contribution in [1.29, 1.82) is 0 Å². The summed E-state index contributed by atoms with van der Waals surface area (Å²) in [6.07, 6.45) is -9.34. The fraction of sp³-hybridized carbons (Fsp3) is 0.235. The van der Waals surface area contributed by atoms with Crippen molar-refractivity contribution in [2.24, 2.45) is 0 Å². The highest BCUT2D eigenvalue weighted by Crippen LogP contribution is 2.32. The number of esters is 2. The minimum absolute atomic E-state index is 0.0431. The molecule has 1 fully saturated rings. The van der Waals surface area contributed by atoms with Crippen LogP contribution in [0.25, 0.3) is 0 Å². The van der Waals surface area contributed by atoms with Crippen LogP contribution in [0.2, 0.25) is 0 Å². The molecule has 1 aliphatic heterocycles. The number of hydrogen-bond donors (Lipinski definition) is 1. The summed E-state index contributed by atoms with van der Waals surface area (Å²) in [6.45, 7) is 2.63. The SMILES string of the molecule is Cc1ccc(S(=O)(=O)OC[C@@H]2O[C@@H](O)[C@H](OC(=O)c3ccccc3)[C@@H](OC(=O)c3ccccc3)[C@@H]2OS(=O)(=O)c2ccc(C)cc2)cc1. The van der Waals surface area contributed by atoms with Crippen LogP contribution in [0, 0.1) is 13.8 Å². The number of ether oxygens (including phenoxy) is 3. The molecule has 5 atom stereocenters. The van der Waals surface area contributed by atoms with Crippen LogP contribution in [0.15, 0.2) is 119 Å². The molecule has 1 heterocycles. The lowest BCUT2D eigenvalue weighted by molar-refractivity contribution is -0.278. The van der Waals surface area contributed by atoms with Gasteiger partial charge in [-0.05, 0) is 62.4 Å². The van der Waals surface area contributed by atoms with E-state index >= 15 is 0 Å². The standard InChI is InChI=1S/C34H32O12S2/c1-22-13-17-26(18-14-22)47(38,39)42-21-28-29(46-48(40,41)27-19-15-23(2)16-20-27)30(44-32(35)24-9-5-3-6-10-24)31(34(37)43-28)45-33(36)25-11-7-4-8-12-25/h3-20,28-31,34,37H,21H2,1-2H3/t28-,29+,30-,31+,34+/m0/s1. The molecule has 0 aliphatic carbocycles. The van der Waals surface area contributed by atoms with Gasteiger partial charge in [-0.2, -0.15) is 16.8 Å². The topological polar surface area (TPSA) is 169 Å². The number of carbonyl (C=O) groups excluding carboxylic acids is 2. The molecule has 0 aromatic heterocycles. The van der Waals surface area contributed by atoms with Crippen LogP contribution in [-0.4, -0.2) is 71.2 Å². The van der Waals surface area contributed by atoms with E-state index in [4.69, 9.17) is 22.6 Å². The van der Waals surface area contributed by atoms with Crippen molar-refractivity contribution in [1.82, 2.24) is 0 Å². The van der Waals surface area contributed by atoms with Gasteiger partial charge in [0.05, 0.1) is 27.5 Å². The highest BCUT2D eigenvalue weighted by atomic mass is 32.2. The van der Waals surface area contributed by atoms with Gasteiger partial charge in [-0.25, -0.2) is 9.59 Å². The lowest BCUT2D eigenvalue weighted by atomic mass is 9.98. The quantitative estimate of drug-likeness (QED) is 0.177. The molecule has 4 aromatic carbocycles. The Kier molecular flexibility index (Phi) is 10.7. The molecular formula is C34H32O12S2. The molecule has 14 heteroatoms. The average molecular weight is 697 g/mol. The van der Waals surface area contributed by atoms with Gasteiger partial charge in [0.2, 0.25) is 0 Å². The summed E-state index contributed by atoms with van der Waals surface area (Å²) < 4.78 is 81.1. The van der Waals surface area contributed by atoms with Gasteiger partial charge < -0.3 is 19.3 Å². The van der Waals surface area contributed by atoms with E-state index < -0.39 is 69.5 Å². The van der Waals surface area contributed by atoms with E-state index in [1.807, 2.05) is 0 Å². The van der Waals surface area contributed by atoms with Crippen LogP contribution >= 0.6 is 0 Å². The first-order valence-corrected chi connectivity index (χ1v) is 17.5. The fourth-order valence-electron chi connectivity index (χ4n) is 4.77.